The van der Waals surface area contributed by atoms with Gasteiger partial charge in [0.05, 0.1) is 4.90 Å². The lowest BCUT2D eigenvalue weighted by atomic mass is 9.78. The monoisotopic (exact) mass is 404 g/mol. The van der Waals surface area contributed by atoms with Crippen LogP contribution in [0.15, 0.2) is 53.4 Å². The van der Waals surface area contributed by atoms with Gasteiger partial charge in [-0.2, -0.15) is 0 Å². The first-order chi connectivity index (χ1) is 13.3. The number of hydrogen-bond acceptors (Lipinski definition) is 3. The summed E-state index contributed by atoms with van der Waals surface area (Å²) < 4.78 is 40.6. The summed E-state index contributed by atoms with van der Waals surface area (Å²) >= 11 is 0. The Balaban J connectivity index is 1.75. The van der Waals surface area contributed by atoms with E-state index >= 15 is 0 Å². The van der Waals surface area contributed by atoms with Crippen LogP contribution in [0.25, 0.3) is 0 Å². The molecule has 1 aliphatic carbocycles. The van der Waals surface area contributed by atoms with E-state index in [1.165, 1.54) is 36.4 Å². The molecule has 0 saturated heterocycles. The topological polar surface area (TPSA) is 75.3 Å². The third-order valence-electron chi connectivity index (χ3n) is 5.53. The molecule has 3 atom stereocenters. The number of nitrogens with one attached hydrogen (secondary N) is 2. The van der Waals surface area contributed by atoms with Crippen LogP contribution in [0.1, 0.15) is 43.5 Å². The van der Waals surface area contributed by atoms with E-state index in [2.05, 4.69) is 23.9 Å². The highest BCUT2D eigenvalue weighted by molar-refractivity contribution is 7.92. The van der Waals surface area contributed by atoms with E-state index in [0.717, 1.165) is 19.3 Å². The van der Waals surface area contributed by atoms with Crippen LogP contribution in [0.4, 0.5) is 10.1 Å². The highest BCUT2D eigenvalue weighted by atomic mass is 32.2. The smallest absolute Gasteiger partial charge is 0.261 e. The number of anilines is 1. The van der Waals surface area contributed by atoms with Crippen molar-refractivity contribution in [3.05, 3.63) is 59.9 Å². The molecule has 1 aliphatic rings. The van der Waals surface area contributed by atoms with Crippen molar-refractivity contribution in [3.63, 3.8) is 0 Å². The van der Waals surface area contributed by atoms with Gasteiger partial charge in [0.1, 0.15) is 5.82 Å². The largest absolute Gasteiger partial charge is 0.349 e. The van der Waals surface area contributed by atoms with Gasteiger partial charge in [-0.1, -0.05) is 32.8 Å². The maximum Gasteiger partial charge on any atom is 0.261 e. The van der Waals surface area contributed by atoms with Gasteiger partial charge in [-0.05, 0) is 60.7 Å². The molecule has 1 fully saturated rings. The molecular formula is C21H25FN2O3S. The first-order valence-corrected chi connectivity index (χ1v) is 10.9. The van der Waals surface area contributed by atoms with Gasteiger partial charge in [0.15, 0.2) is 0 Å². The number of halogens is 1. The number of carbonyl (C=O) groups is 1. The number of sulfonamides is 1. The molecule has 0 aromatic heterocycles. The normalized spacial score (nSPS) is 22.5. The Morgan fingerprint density at radius 2 is 1.79 bits per heavy atom. The van der Waals surface area contributed by atoms with Crippen LogP contribution in [0.5, 0.6) is 0 Å². The molecule has 0 spiro atoms. The van der Waals surface area contributed by atoms with Crippen LogP contribution in [0.2, 0.25) is 0 Å². The van der Waals surface area contributed by atoms with E-state index in [4.69, 9.17) is 0 Å². The fourth-order valence-electron chi connectivity index (χ4n) is 3.57. The Kier molecular flexibility index (Phi) is 6.03. The third-order valence-corrected chi connectivity index (χ3v) is 6.91. The van der Waals surface area contributed by atoms with E-state index in [1.807, 2.05) is 0 Å². The summed E-state index contributed by atoms with van der Waals surface area (Å²) in [6, 6.07) is 11.1. The standard InChI is InChI=1S/C21H25FN2O3S/c1-14-5-3-8-20(15(14)2)23-21(25)16-6-4-7-19(13-16)28(26,27)24-18-11-9-17(22)10-12-18/h4,6-7,9-15,20,24H,3,5,8H2,1-2H3,(H,23,25)/t14-,15-,20+/m1/s1. The Labute approximate surface area is 165 Å². The van der Waals surface area contributed by atoms with Crippen molar-refractivity contribution in [1.29, 1.82) is 0 Å². The number of amides is 1. The summed E-state index contributed by atoms with van der Waals surface area (Å²) in [5, 5.41) is 3.05. The number of hydrogen-bond donors (Lipinski definition) is 2. The van der Waals surface area contributed by atoms with Crippen molar-refractivity contribution >= 4 is 21.6 Å². The molecule has 0 radical (unpaired) electrons. The average Bonchev–Trinajstić information content (AvgIpc) is 2.67. The maximum absolute atomic E-state index is 13.0. The molecule has 2 N–H and O–H groups in total. The summed E-state index contributed by atoms with van der Waals surface area (Å²) in [7, 11) is -3.89. The minimum Gasteiger partial charge on any atom is -0.349 e. The zero-order valence-corrected chi connectivity index (χ0v) is 16.8. The van der Waals surface area contributed by atoms with Gasteiger partial charge in [0.2, 0.25) is 0 Å². The Bertz CT molecular complexity index is 944. The first-order valence-electron chi connectivity index (χ1n) is 9.45. The van der Waals surface area contributed by atoms with Crippen LogP contribution < -0.4 is 10.0 Å². The second kappa shape index (κ2) is 8.31. The quantitative estimate of drug-likeness (QED) is 0.785. The summed E-state index contributed by atoms with van der Waals surface area (Å²) in [4.78, 5) is 12.7. The number of carbonyl (C=O) groups excluding carboxylic acids is 1. The van der Waals surface area contributed by atoms with Crippen molar-refractivity contribution in [2.75, 3.05) is 4.72 Å². The molecular weight excluding hydrogens is 379 g/mol. The summed E-state index contributed by atoms with van der Waals surface area (Å²) in [6.45, 7) is 4.33. The van der Waals surface area contributed by atoms with Crippen LogP contribution in [-0.2, 0) is 10.0 Å². The molecule has 7 heteroatoms. The molecule has 28 heavy (non-hydrogen) atoms. The van der Waals surface area contributed by atoms with Gasteiger partial charge in [0, 0.05) is 17.3 Å². The molecule has 1 amide bonds. The molecule has 1 saturated carbocycles. The number of benzene rings is 2. The van der Waals surface area contributed by atoms with E-state index in [0.29, 0.717) is 17.4 Å². The Morgan fingerprint density at radius 1 is 1.07 bits per heavy atom. The zero-order valence-electron chi connectivity index (χ0n) is 16.0. The fraction of sp³-hybridized carbons (Fsp3) is 0.381. The lowest BCUT2D eigenvalue weighted by Gasteiger charge is -2.34. The van der Waals surface area contributed by atoms with Gasteiger partial charge in [-0.25, -0.2) is 12.8 Å². The maximum atomic E-state index is 13.0. The van der Waals surface area contributed by atoms with E-state index < -0.39 is 15.8 Å². The van der Waals surface area contributed by atoms with Crippen molar-refractivity contribution in [1.82, 2.24) is 5.32 Å². The summed E-state index contributed by atoms with van der Waals surface area (Å²) in [6.07, 6.45) is 3.17. The molecule has 0 heterocycles. The molecule has 0 aliphatic heterocycles. The lowest BCUT2D eigenvalue weighted by Crippen LogP contribution is -2.43. The van der Waals surface area contributed by atoms with Gasteiger partial charge in [0.25, 0.3) is 15.9 Å². The second-order valence-electron chi connectivity index (χ2n) is 7.49. The molecule has 2 aromatic rings. The number of rotatable bonds is 5. The summed E-state index contributed by atoms with van der Waals surface area (Å²) in [5.74, 6) is 0.202. The molecule has 150 valence electrons. The molecule has 3 rings (SSSR count). The lowest BCUT2D eigenvalue weighted by molar-refractivity contribution is 0.0891. The zero-order chi connectivity index (χ0) is 20.3. The van der Waals surface area contributed by atoms with Crippen molar-refractivity contribution in [2.24, 2.45) is 11.8 Å². The van der Waals surface area contributed by atoms with E-state index in [-0.39, 0.29) is 22.5 Å². The minimum atomic E-state index is -3.89. The van der Waals surface area contributed by atoms with Gasteiger partial charge >= 0.3 is 0 Å². The van der Waals surface area contributed by atoms with Crippen molar-refractivity contribution in [3.8, 4) is 0 Å². The minimum absolute atomic E-state index is 0.0189. The van der Waals surface area contributed by atoms with Gasteiger partial charge in [-0.15, -0.1) is 0 Å². The predicted octanol–water partition coefficient (Wildman–Crippen LogP) is 4.18. The van der Waals surface area contributed by atoms with Crippen molar-refractivity contribution < 1.29 is 17.6 Å². The third kappa shape index (κ3) is 4.70. The highest BCUT2D eigenvalue weighted by Gasteiger charge is 2.28. The van der Waals surface area contributed by atoms with Crippen LogP contribution >= 0.6 is 0 Å². The van der Waals surface area contributed by atoms with Gasteiger partial charge < -0.3 is 5.32 Å². The highest BCUT2D eigenvalue weighted by Crippen LogP contribution is 2.29. The van der Waals surface area contributed by atoms with Crippen LogP contribution in [0.3, 0.4) is 0 Å². The fourth-order valence-corrected chi connectivity index (χ4v) is 4.68. The van der Waals surface area contributed by atoms with E-state index in [9.17, 15) is 17.6 Å². The predicted molar refractivity (Wildman–Crippen MR) is 107 cm³/mol. The summed E-state index contributed by atoms with van der Waals surface area (Å²) in [5.41, 5.74) is 0.550. The molecule has 2 aromatic carbocycles. The first kappa shape index (κ1) is 20.3. The van der Waals surface area contributed by atoms with Gasteiger partial charge in [-0.3, -0.25) is 9.52 Å². The Hall–Kier alpha value is -2.41. The van der Waals surface area contributed by atoms with Crippen LogP contribution in [-0.4, -0.2) is 20.4 Å². The SMILES string of the molecule is C[C@@H]1[C@H](C)CCC[C@@H]1NC(=O)c1cccc(S(=O)(=O)Nc2ccc(F)cc2)c1. The van der Waals surface area contributed by atoms with E-state index in [1.54, 1.807) is 12.1 Å². The molecule has 0 bridgehead atoms. The Morgan fingerprint density at radius 3 is 2.50 bits per heavy atom. The van der Waals surface area contributed by atoms with Crippen LogP contribution in [0, 0.1) is 17.7 Å². The average molecular weight is 405 g/mol. The van der Waals surface area contributed by atoms with Crippen molar-refractivity contribution in [2.45, 2.75) is 44.0 Å². The second-order valence-corrected chi connectivity index (χ2v) is 9.17. The molecule has 5 nitrogen and oxygen atoms in total. The molecule has 0 unspecified atom stereocenters.